The molecule has 0 radical (unpaired) electrons. The quantitative estimate of drug-likeness (QED) is 0.711. The molecule has 4 nitrogen and oxygen atoms in total. The van der Waals surface area contributed by atoms with Crippen molar-refractivity contribution in [2.75, 3.05) is 0 Å². The second-order valence-corrected chi connectivity index (χ2v) is 4.28. The number of nitrogens with zero attached hydrogens (tertiary/aromatic N) is 3. The minimum absolute atomic E-state index is 0.169. The van der Waals surface area contributed by atoms with Crippen LogP contribution in [0.25, 0.3) is 16.9 Å². The van der Waals surface area contributed by atoms with Gasteiger partial charge >= 0.3 is 0 Å². The zero-order valence-electron chi connectivity index (χ0n) is 11.2. The summed E-state index contributed by atoms with van der Waals surface area (Å²) in [6, 6.07) is 5.23. The number of benzene rings is 1. The number of imidazole rings is 1. The van der Waals surface area contributed by atoms with Gasteiger partial charge in [-0.15, -0.1) is 0 Å². The van der Waals surface area contributed by atoms with E-state index in [0.717, 1.165) is 22.5 Å². The highest BCUT2D eigenvalue weighted by Crippen LogP contribution is 2.28. The third-order valence-electron chi connectivity index (χ3n) is 3.01. The summed E-state index contributed by atoms with van der Waals surface area (Å²) in [5.74, 6) is 0.242. The zero-order chi connectivity index (χ0) is 13.6. The average molecular weight is 240 g/mol. The molecule has 18 heavy (non-hydrogen) atoms. The Morgan fingerprint density at radius 2 is 2.11 bits per heavy atom. The van der Waals surface area contributed by atoms with Gasteiger partial charge in [-0.1, -0.05) is 0 Å². The van der Waals surface area contributed by atoms with Crippen molar-refractivity contribution in [1.82, 2.24) is 14.4 Å². The van der Waals surface area contributed by atoms with Gasteiger partial charge in [0.15, 0.2) is 5.65 Å². The Morgan fingerprint density at radius 3 is 2.89 bits per heavy atom. The molecule has 0 amide bonds. The molecule has 3 rings (SSSR count). The first-order chi connectivity index (χ1) is 9.08. The van der Waals surface area contributed by atoms with Gasteiger partial charge < -0.3 is 5.11 Å². The smallest absolute Gasteiger partial charge is 0.155 e. The van der Waals surface area contributed by atoms with Crippen molar-refractivity contribution in [3.8, 4) is 17.0 Å². The predicted molar refractivity (Wildman–Crippen MR) is 69.6 cm³/mol. The lowest BCUT2D eigenvalue weighted by Crippen LogP contribution is -1.98. The molecule has 0 aliphatic rings. The van der Waals surface area contributed by atoms with E-state index in [1.165, 1.54) is 0 Å². The van der Waals surface area contributed by atoms with Gasteiger partial charge in [-0.25, -0.2) is 4.98 Å². The Balaban J connectivity index is 2.39. The van der Waals surface area contributed by atoms with Crippen LogP contribution < -0.4 is 0 Å². The molecule has 3 aromatic rings. The van der Waals surface area contributed by atoms with Crippen LogP contribution in [0.1, 0.15) is 12.6 Å². The molecule has 2 heterocycles. The van der Waals surface area contributed by atoms with E-state index in [9.17, 15) is 5.11 Å². The number of phenols is 1. The molecule has 0 aliphatic heterocycles. The average Bonchev–Trinajstić information content (AvgIpc) is 2.81. The fraction of sp³-hybridized carbons (Fsp3) is 0.143. The van der Waals surface area contributed by atoms with Crippen LogP contribution in [-0.2, 0) is 0 Å². The first-order valence-electron chi connectivity index (χ1n) is 6.18. The topological polar surface area (TPSA) is 50.4 Å². The van der Waals surface area contributed by atoms with Gasteiger partial charge in [0, 0.05) is 18.0 Å². The van der Waals surface area contributed by atoms with Gasteiger partial charge in [0.1, 0.15) is 5.75 Å². The SMILES string of the molecule is [2H]c1nc(C)c(-c2ccc(O)cc2C)n2ccnc12. The molecular formula is C14H13N3O. The van der Waals surface area contributed by atoms with E-state index in [2.05, 4.69) is 9.97 Å². The summed E-state index contributed by atoms with van der Waals surface area (Å²) in [5, 5.41) is 9.51. The molecule has 0 saturated heterocycles. The van der Waals surface area contributed by atoms with Crippen LogP contribution in [0.2, 0.25) is 0 Å². The fourth-order valence-electron chi connectivity index (χ4n) is 2.17. The maximum Gasteiger partial charge on any atom is 0.155 e. The molecular weight excluding hydrogens is 226 g/mol. The van der Waals surface area contributed by atoms with Crippen LogP contribution in [0.4, 0.5) is 0 Å². The third-order valence-corrected chi connectivity index (χ3v) is 3.01. The van der Waals surface area contributed by atoms with Crippen LogP contribution in [0.5, 0.6) is 5.75 Å². The Bertz CT molecular complexity index is 780. The van der Waals surface area contributed by atoms with Crippen molar-refractivity contribution >= 4 is 5.65 Å². The van der Waals surface area contributed by atoms with Gasteiger partial charge in [-0.05, 0) is 37.6 Å². The lowest BCUT2D eigenvalue weighted by atomic mass is 10.0. The number of rotatable bonds is 1. The van der Waals surface area contributed by atoms with Crippen molar-refractivity contribution in [2.24, 2.45) is 0 Å². The van der Waals surface area contributed by atoms with Crippen LogP contribution in [0.15, 0.2) is 36.8 Å². The monoisotopic (exact) mass is 240 g/mol. The van der Waals surface area contributed by atoms with Crippen molar-refractivity contribution in [1.29, 1.82) is 0 Å². The number of phenolic OH excluding ortho intramolecular Hbond substituents is 1. The predicted octanol–water partition coefficient (Wildman–Crippen LogP) is 2.72. The van der Waals surface area contributed by atoms with Gasteiger partial charge in [-0.3, -0.25) is 9.38 Å². The molecule has 0 saturated carbocycles. The summed E-state index contributed by atoms with van der Waals surface area (Å²) >= 11 is 0. The van der Waals surface area contributed by atoms with Crippen LogP contribution in [-0.4, -0.2) is 19.5 Å². The molecule has 0 bridgehead atoms. The standard InChI is InChI=1S/C14H13N3O/c1-9-7-11(18)3-4-12(9)14-10(2)16-8-13-15-5-6-17(13)14/h3-8,18H,1-2H3/i8D. The number of hydrogen-bond acceptors (Lipinski definition) is 3. The van der Waals surface area contributed by atoms with E-state index >= 15 is 0 Å². The maximum atomic E-state index is 9.51. The summed E-state index contributed by atoms with van der Waals surface area (Å²) < 4.78 is 9.70. The normalized spacial score (nSPS) is 11.8. The van der Waals surface area contributed by atoms with Gasteiger partial charge in [-0.2, -0.15) is 0 Å². The van der Waals surface area contributed by atoms with Gasteiger partial charge in [0.25, 0.3) is 0 Å². The van der Waals surface area contributed by atoms with Crippen LogP contribution >= 0.6 is 0 Å². The molecule has 1 N–H and O–H groups in total. The Kier molecular flexibility index (Phi) is 2.06. The number of aryl methyl sites for hydroxylation is 2. The molecule has 0 atom stereocenters. The first-order valence-corrected chi connectivity index (χ1v) is 5.68. The molecule has 1 aromatic carbocycles. The van der Waals surface area contributed by atoms with Crippen molar-refractivity contribution in [2.45, 2.75) is 13.8 Å². The van der Waals surface area contributed by atoms with E-state index in [0.29, 0.717) is 5.65 Å². The molecule has 2 aromatic heterocycles. The lowest BCUT2D eigenvalue weighted by Gasteiger charge is -2.11. The summed E-state index contributed by atoms with van der Waals surface area (Å²) in [4.78, 5) is 8.39. The molecule has 90 valence electrons. The van der Waals surface area contributed by atoms with Crippen molar-refractivity contribution in [3.05, 3.63) is 48.0 Å². The second kappa shape index (κ2) is 3.84. The Hall–Kier alpha value is -2.36. The zero-order valence-corrected chi connectivity index (χ0v) is 10.2. The Morgan fingerprint density at radius 1 is 1.28 bits per heavy atom. The Labute approximate surface area is 106 Å². The van der Waals surface area contributed by atoms with E-state index in [4.69, 9.17) is 1.37 Å². The largest absolute Gasteiger partial charge is 0.508 e. The first kappa shape index (κ1) is 9.65. The van der Waals surface area contributed by atoms with Crippen molar-refractivity contribution in [3.63, 3.8) is 0 Å². The van der Waals surface area contributed by atoms with Gasteiger partial charge in [0.2, 0.25) is 0 Å². The van der Waals surface area contributed by atoms with E-state index in [1.807, 2.05) is 30.5 Å². The number of aromatic nitrogens is 3. The summed E-state index contributed by atoms with van der Waals surface area (Å²) in [6.45, 7) is 3.81. The number of aromatic hydroxyl groups is 1. The highest BCUT2D eigenvalue weighted by Gasteiger charge is 2.11. The molecule has 0 unspecified atom stereocenters. The summed E-state index contributed by atoms with van der Waals surface area (Å²) in [5.41, 5.74) is 4.14. The van der Waals surface area contributed by atoms with E-state index in [-0.39, 0.29) is 11.9 Å². The van der Waals surface area contributed by atoms with E-state index in [1.54, 1.807) is 18.3 Å². The highest BCUT2D eigenvalue weighted by molar-refractivity contribution is 5.69. The summed E-state index contributed by atoms with van der Waals surface area (Å²) in [7, 11) is 0. The number of fused-ring (bicyclic) bond motifs is 1. The molecule has 0 spiro atoms. The number of hydrogen-bond donors (Lipinski definition) is 1. The van der Waals surface area contributed by atoms with Gasteiger partial charge in [0.05, 0.1) is 18.9 Å². The van der Waals surface area contributed by atoms with Crippen LogP contribution in [0, 0.1) is 13.8 Å². The highest BCUT2D eigenvalue weighted by atomic mass is 16.3. The van der Waals surface area contributed by atoms with Crippen molar-refractivity contribution < 1.29 is 6.48 Å². The fourth-order valence-corrected chi connectivity index (χ4v) is 2.17. The maximum absolute atomic E-state index is 9.51. The molecule has 0 aliphatic carbocycles. The third kappa shape index (κ3) is 1.54. The molecule has 4 heteroatoms. The second-order valence-electron chi connectivity index (χ2n) is 4.28. The lowest BCUT2D eigenvalue weighted by molar-refractivity contribution is 0.475. The minimum Gasteiger partial charge on any atom is -0.508 e. The minimum atomic E-state index is 0.169. The van der Waals surface area contributed by atoms with Crippen LogP contribution in [0.3, 0.4) is 0 Å². The summed E-state index contributed by atoms with van der Waals surface area (Å²) in [6.07, 6.45) is 3.65. The molecule has 0 fully saturated rings. The van der Waals surface area contributed by atoms with E-state index < -0.39 is 0 Å².